The largest absolute Gasteiger partial charge is 0.394 e. The molecule has 124 valence electrons. The zero-order valence-corrected chi connectivity index (χ0v) is 14.3. The number of benzene rings is 1. The van der Waals surface area contributed by atoms with E-state index in [1.807, 2.05) is 31.3 Å². The monoisotopic (exact) mass is 307 g/mol. The second-order valence-electron chi connectivity index (χ2n) is 6.36. The highest BCUT2D eigenvalue weighted by Crippen LogP contribution is 2.20. The highest BCUT2D eigenvalue weighted by atomic mass is 16.3. The Morgan fingerprint density at radius 2 is 1.95 bits per heavy atom. The van der Waals surface area contributed by atoms with Gasteiger partial charge >= 0.3 is 6.03 Å². The smallest absolute Gasteiger partial charge is 0.319 e. The van der Waals surface area contributed by atoms with Gasteiger partial charge in [0, 0.05) is 24.5 Å². The summed E-state index contributed by atoms with van der Waals surface area (Å²) in [6, 6.07) is 7.60. The summed E-state index contributed by atoms with van der Waals surface area (Å²) >= 11 is 0. The first-order valence-corrected chi connectivity index (χ1v) is 7.84. The molecular weight excluding hydrogens is 278 g/mol. The van der Waals surface area contributed by atoms with Gasteiger partial charge in [-0.3, -0.25) is 0 Å². The van der Waals surface area contributed by atoms with E-state index >= 15 is 0 Å². The number of carbonyl (C=O) groups is 1. The van der Waals surface area contributed by atoms with Crippen molar-refractivity contribution in [3.63, 3.8) is 0 Å². The summed E-state index contributed by atoms with van der Waals surface area (Å²) in [5.41, 5.74) is 1.79. The van der Waals surface area contributed by atoms with Crippen LogP contribution in [0.4, 0.5) is 16.2 Å². The molecule has 1 aromatic rings. The fraction of sp³-hybridized carbons (Fsp3) is 0.588. The maximum absolute atomic E-state index is 12.0. The molecule has 0 aromatic heterocycles. The summed E-state index contributed by atoms with van der Waals surface area (Å²) in [6.45, 7) is 8.30. The highest BCUT2D eigenvalue weighted by Gasteiger charge is 2.13. The highest BCUT2D eigenvalue weighted by molar-refractivity contribution is 5.90. The summed E-state index contributed by atoms with van der Waals surface area (Å²) in [5, 5.41) is 14.9. The van der Waals surface area contributed by atoms with Crippen molar-refractivity contribution in [2.24, 2.45) is 5.92 Å². The Bertz CT molecular complexity index is 475. The Hall–Kier alpha value is -1.75. The van der Waals surface area contributed by atoms with E-state index in [1.54, 1.807) is 0 Å². The fourth-order valence-electron chi connectivity index (χ4n) is 2.20. The lowest BCUT2D eigenvalue weighted by atomic mass is 10.0. The average Bonchev–Trinajstić information content (AvgIpc) is 2.45. The SMILES string of the molecule is CC(C)CC(CO)NC(=O)Nc1cccc(N(C)C(C)C)c1. The van der Waals surface area contributed by atoms with Gasteiger partial charge < -0.3 is 20.6 Å². The normalized spacial score (nSPS) is 12.4. The summed E-state index contributed by atoms with van der Waals surface area (Å²) < 4.78 is 0. The quantitative estimate of drug-likeness (QED) is 0.725. The predicted octanol–water partition coefficient (Wildman–Crippen LogP) is 3.06. The minimum absolute atomic E-state index is 0.0538. The molecule has 0 saturated carbocycles. The zero-order valence-electron chi connectivity index (χ0n) is 14.3. The third-order valence-electron chi connectivity index (χ3n) is 3.60. The van der Waals surface area contributed by atoms with Crippen molar-refractivity contribution in [2.75, 3.05) is 23.9 Å². The van der Waals surface area contributed by atoms with Gasteiger partial charge in [-0.1, -0.05) is 19.9 Å². The first-order chi connectivity index (χ1) is 10.3. The van der Waals surface area contributed by atoms with Gasteiger partial charge in [-0.2, -0.15) is 0 Å². The second kappa shape index (κ2) is 8.63. The molecule has 22 heavy (non-hydrogen) atoms. The van der Waals surface area contributed by atoms with Gasteiger partial charge in [0.1, 0.15) is 0 Å². The molecule has 1 rings (SSSR count). The van der Waals surface area contributed by atoms with Crippen LogP contribution in [0, 0.1) is 5.92 Å². The number of anilines is 2. The van der Waals surface area contributed by atoms with Crippen molar-refractivity contribution < 1.29 is 9.90 Å². The van der Waals surface area contributed by atoms with Gasteiger partial charge in [0.15, 0.2) is 0 Å². The third kappa shape index (κ3) is 5.93. The van der Waals surface area contributed by atoms with E-state index in [2.05, 4.69) is 43.2 Å². The molecule has 1 atom stereocenters. The Morgan fingerprint density at radius 3 is 2.50 bits per heavy atom. The van der Waals surface area contributed by atoms with Gasteiger partial charge in [0.25, 0.3) is 0 Å². The van der Waals surface area contributed by atoms with Crippen molar-refractivity contribution in [3.05, 3.63) is 24.3 Å². The molecule has 0 aliphatic carbocycles. The molecule has 0 bridgehead atoms. The summed E-state index contributed by atoms with van der Waals surface area (Å²) in [7, 11) is 2.02. The van der Waals surface area contributed by atoms with Crippen LogP contribution in [0.2, 0.25) is 0 Å². The molecule has 1 unspecified atom stereocenters. The molecule has 3 N–H and O–H groups in total. The first kappa shape index (κ1) is 18.3. The molecule has 5 heteroatoms. The zero-order chi connectivity index (χ0) is 16.7. The van der Waals surface area contributed by atoms with Gasteiger partial charge in [0.05, 0.1) is 12.6 Å². The third-order valence-corrected chi connectivity index (χ3v) is 3.60. The van der Waals surface area contributed by atoms with Crippen LogP contribution in [0.1, 0.15) is 34.1 Å². The maximum atomic E-state index is 12.0. The van der Waals surface area contributed by atoms with Crippen LogP contribution in [0.15, 0.2) is 24.3 Å². The topological polar surface area (TPSA) is 64.6 Å². The van der Waals surface area contributed by atoms with Crippen LogP contribution in [-0.2, 0) is 0 Å². The molecule has 0 heterocycles. The lowest BCUT2D eigenvalue weighted by molar-refractivity contribution is 0.214. The van der Waals surface area contributed by atoms with Gasteiger partial charge in [0.2, 0.25) is 0 Å². The Balaban J connectivity index is 2.66. The number of aliphatic hydroxyl groups is 1. The van der Waals surface area contributed by atoms with Crippen LogP contribution in [0.25, 0.3) is 0 Å². The number of nitrogens with one attached hydrogen (secondary N) is 2. The minimum atomic E-state index is -0.288. The van der Waals surface area contributed by atoms with Crippen LogP contribution in [0.5, 0.6) is 0 Å². The van der Waals surface area contributed by atoms with E-state index in [9.17, 15) is 9.90 Å². The van der Waals surface area contributed by atoms with E-state index in [-0.39, 0.29) is 18.7 Å². The number of amides is 2. The van der Waals surface area contributed by atoms with Crippen molar-refractivity contribution in [1.29, 1.82) is 0 Å². The number of aliphatic hydroxyl groups excluding tert-OH is 1. The predicted molar refractivity (Wildman–Crippen MR) is 92.5 cm³/mol. The Morgan fingerprint density at radius 1 is 1.27 bits per heavy atom. The van der Waals surface area contributed by atoms with Crippen LogP contribution in [-0.4, -0.2) is 36.9 Å². The molecule has 0 aliphatic heterocycles. The van der Waals surface area contributed by atoms with Crippen molar-refractivity contribution >= 4 is 17.4 Å². The van der Waals surface area contributed by atoms with E-state index < -0.39 is 0 Å². The molecule has 1 aromatic carbocycles. The van der Waals surface area contributed by atoms with E-state index in [4.69, 9.17) is 0 Å². The first-order valence-electron chi connectivity index (χ1n) is 7.84. The second-order valence-corrected chi connectivity index (χ2v) is 6.36. The summed E-state index contributed by atoms with van der Waals surface area (Å²) in [6.07, 6.45) is 0.750. The van der Waals surface area contributed by atoms with Crippen LogP contribution < -0.4 is 15.5 Å². The lowest BCUT2D eigenvalue weighted by Gasteiger charge is -2.24. The standard InChI is InChI=1S/C17H29N3O2/c1-12(2)9-15(11-21)19-17(22)18-14-7-6-8-16(10-14)20(5)13(3)4/h6-8,10,12-13,15,21H,9,11H2,1-5H3,(H2,18,19,22). The summed E-state index contributed by atoms with van der Waals surface area (Å²) in [4.78, 5) is 14.2. The fourth-order valence-corrected chi connectivity index (χ4v) is 2.20. The van der Waals surface area contributed by atoms with Gasteiger partial charge in [-0.15, -0.1) is 0 Å². The number of nitrogens with zero attached hydrogens (tertiary/aromatic N) is 1. The van der Waals surface area contributed by atoms with E-state index in [0.29, 0.717) is 12.0 Å². The lowest BCUT2D eigenvalue weighted by Crippen LogP contribution is -2.41. The molecular formula is C17H29N3O2. The molecule has 0 saturated heterocycles. The summed E-state index contributed by atoms with van der Waals surface area (Å²) in [5.74, 6) is 0.417. The Kier molecular flexibility index (Phi) is 7.18. The van der Waals surface area contributed by atoms with Crippen molar-refractivity contribution in [2.45, 2.75) is 46.2 Å². The van der Waals surface area contributed by atoms with Crippen molar-refractivity contribution in [3.8, 4) is 0 Å². The average molecular weight is 307 g/mol. The molecule has 5 nitrogen and oxygen atoms in total. The van der Waals surface area contributed by atoms with Crippen LogP contribution in [0.3, 0.4) is 0 Å². The Labute approximate surface area is 133 Å². The maximum Gasteiger partial charge on any atom is 0.319 e. The number of urea groups is 1. The number of rotatable bonds is 7. The number of hydrogen-bond donors (Lipinski definition) is 3. The van der Waals surface area contributed by atoms with E-state index in [0.717, 1.165) is 17.8 Å². The van der Waals surface area contributed by atoms with Crippen molar-refractivity contribution in [1.82, 2.24) is 5.32 Å². The van der Waals surface area contributed by atoms with E-state index in [1.165, 1.54) is 0 Å². The number of carbonyl (C=O) groups excluding carboxylic acids is 1. The van der Waals surface area contributed by atoms with Crippen LogP contribution >= 0.6 is 0 Å². The molecule has 0 fully saturated rings. The molecule has 2 amide bonds. The molecule has 0 spiro atoms. The van der Waals surface area contributed by atoms with Gasteiger partial charge in [-0.05, 0) is 44.4 Å². The molecule has 0 aliphatic rings. The number of hydrogen-bond acceptors (Lipinski definition) is 3. The molecule has 0 radical (unpaired) electrons. The van der Waals surface area contributed by atoms with Gasteiger partial charge in [-0.25, -0.2) is 4.79 Å². The minimum Gasteiger partial charge on any atom is -0.394 e.